The summed E-state index contributed by atoms with van der Waals surface area (Å²) in [6.45, 7) is 1.60. The lowest BCUT2D eigenvalue weighted by atomic mass is 9.90. The lowest BCUT2D eigenvalue weighted by Crippen LogP contribution is -2.31. The van der Waals surface area contributed by atoms with Gasteiger partial charge in [0.1, 0.15) is 0 Å². The predicted octanol–water partition coefficient (Wildman–Crippen LogP) is 2.57. The van der Waals surface area contributed by atoms with Crippen LogP contribution in [0.5, 0.6) is 23.0 Å². The molecule has 0 amide bonds. The predicted molar refractivity (Wildman–Crippen MR) is 83.3 cm³/mol. The van der Waals surface area contributed by atoms with Crippen molar-refractivity contribution in [3.63, 3.8) is 0 Å². The fourth-order valence-corrected chi connectivity index (χ4v) is 3.52. The summed E-state index contributed by atoms with van der Waals surface area (Å²) in [6, 6.07) is 10.7. The van der Waals surface area contributed by atoms with Gasteiger partial charge in [-0.05, 0) is 60.3 Å². The first-order valence-electron chi connectivity index (χ1n) is 7.91. The van der Waals surface area contributed by atoms with Crippen LogP contribution in [-0.2, 0) is 12.8 Å². The summed E-state index contributed by atoms with van der Waals surface area (Å²) >= 11 is 0. The Morgan fingerprint density at radius 2 is 1.61 bits per heavy atom. The van der Waals surface area contributed by atoms with E-state index in [9.17, 15) is 0 Å². The number of nitrogens with one attached hydrogen (secondary N) is 1. The van der Waals surface area contributed by atoms with Crippen LogP contribution in [-0.4, -0.2) is 20.1 Å². The van der Waals surface area contributed by atoms with Crippen LogP contribution in [0, 0.1) is 0 Å². The summed E-state index contributed by atoms with van der Waals surface area (Å²) in [4.78, 5) is 0. The van der Waals surface area contributed by atoms with E-state index in [-0.39, 0.29) is 6.04 Å². The van der Waals surface area contributed by atoms with Crippen LogP contribution in [0.4, 0.5) is 0 Å². The van der Waals surface area contributed by atoms with E-state index in [1.165, 1.54) is 16.7 Å². The van der Waals surface area contributed by atoms with Crippen molar-refractivity contribution in [1.29, 1.82) is 0 Å². The quantitative estimate of drug-likeness (QED) is 0.924. The van der Waals surface area contributed by atoms with Gasteiger partial charge in [-0.2, -0.15) is 0 Å². The first kappa shape index (κ1) is 13.1. The zero-order valence-corrected chi connectivity index (χ0v) is 12.6. The smallest absolute Gasteiger partial charge is 0.231 e. The first-order chi connectivity index (χ1) is 11.4. The molecule has 0 radical (unpaired) electrons. The summed E-state index contributed by atoms with van der Waals surface area (Å²) in [7, 11) is 0. The highest BCUT2D eigenvalue weighted by Crippen LogP contribution is 2.39. The van der Waals surface area contributed by atoms with Gasteiger partial charge in [0.05, 0.1) is 0 Å². The molecule has 0 saturated carbocycles. The Bertz CT molecular complexity index is 774. The Morgan fingerprint density at radius 3 is 2.48 bits per heavy atom. The average molecular weight is 311 g/mol. The minimum absolute atomic E-state index is 0.272. The van der Waals surface area contributed by atoms with Gasteiger partial charge in [0.25, 0.3) is 0 Å². The van der Waals surface area contributed by atoms with Crippen molar-refractivity contribution >= 4 is 0 Å². The summed E-state index contributed by atoms with van der Waals surface area (Å²) in [5.41, 5.74) is 3.88. The molecule has 0 spiro atoms. The second-order valence-corrected chi connectivity index (χ2v) is 6.05. The molecule has 5 nitrogen and oxygen atoms in total. The van der Waals surface area contributed by atoms with E-state index in [0.717, 1.165) is 42.4 Å². The van der Waals surface area contributed by atoms with Crippen molar-refractivity contribution in [3.8, 4) is 23.0 Å². The van der Waals surface area contributed by atoms with Gasteiger partial charge in [-0.3, -0.25) is 0 Å². The molecule has 1 atom stereocenters. The molecule has 5 rings (SSSR count). The Labute approximate surface area is 134 Å². The molecule has 2 aromatic rings. The Kier molecular flexibility index (Phi) is 2.88. The second-order valence-electron chi connectivity index (χ2n) is 6.05. The molecule has 0 bridgehead atoms. The monoisotopic (exact) mass is 311 g/mol. The summed E-state index contributed by atoms with van der Waals surface area (Å²) < 4.78 is 21.9. The van der Waals surface area contributed by atoms with Crippen molar-refractivity contribution in [2.24, 2.45) is 0 Å². The van der Waals surface area contributed by atoms with Crippen molar-refractivity contribution in [2.75, 3.05) is 20.1 Å². The van der Waals surface area contributed by atoms with Gasteiger partial charge < -0.3 is 24.3 Å². The van der Waals surface area contributed by atoms with E-state index in [4.69, 9.17) is 18.9 Å². The molecule has 5 heteroatoms. The highest BCUT2D eigenvalue weighted by atomic mass is 16.7. The van der Waals surface area contributed by atoms with Gasteiger partial charge in [-0.1, -0.05) is 6.07 Å². The summed E-state index contributed by atoms with van der Waals surface area (Å²) in [5, 5.41) is 3.61. The summed E-state index contributed by atoms with van der Waals surface area (Å²) in [5.74, 6) is 3.38. The van der Waals surface area contributed by atoms with Gasteiger partial charge in [-0.25, -0.2) is 0 Å². The van der Waals surface area contributed by atoms with Gasteiger partial charge in [0.2, 0.25) is 13.6 Å². The van der Waals surface area contributed by atoms with Crippen LogP contribution in [0.25, 0.3) is 0 Å². The molecule has 3 aliphatic rings. The van der Waals surface area contributed by atoms with Crippen molar-refractivity contribution in [3.05, 3.63) is 47.0 Å². The third-order valence-electron chi connectivity index (χ3n) is 4.67. The molecule has 0 saturated heterocycles. The average Bonchev–Trinajstić information content (AvgIpc) is 3.21. The highest BCUT2D eigenvalue weighted by molar-refractivity contribution is 5.51. The topological polar surface area (TPSA) is 49.0 Å². The fraction of sp³-hybridized carbons (Fsp3) is 0.333. The second kappa shape index (κ2) is 5.06. The maximum absolute atomic E-state index is 5.54. The van der Waals surface area contributed by atoms with Gasteiger partial charge in [-0.15, -0.1) is 0 Å². The van der Waals surface area contributed by atoms with E-state index in [2.05, 4.69) is 29.6 Å². The molecule has 118 valence electrons. The highest BCUT2D eigenvalue weighted by Gasteiger charge is 2.25. The molecule has 0 aromatic heterocycles. The van der Waals surface area contributed by atoms with Crippen LogP contribution in [0.3, 0.4) is 0 Å². The zero-order valence-electron chi connectivity index (χ0n) is 12.6. The Hall–Kier alpha value is -2.40. The van der Waals surface area contributed by atoms with E-state index >= 15 is 0 Å². The molecular formula is C18H17NO4. The minimum atomic E-state index is 0.272. The summed E-state index contributed by atoms with van der Waals surface area (Å²) in [6.07, 6.45) is 1.92. The minimum Gasteiger partial charge on any atom is -0.454 e. The maximum Gasteiger partial charge on any atom is 0.231 e. The van der Waals surface area contributed by atoms with Crippen LogP contribution >= 0.6 is 0 Å². The van der Waals surface area contributed by atoms with E-state index < -0.39 is 0 Å². The molecule has 1 N–H and O–H groups in total. The SMILES string of the molecule is c1cc2c(cc1CC1NCCc3cc4c(cc31)OCO4)OCO2. The molecule has 0 fully saturated rings. The third kappa shape index (κ3) is 2.19. The van der Waals surface area contributed by atoms with Crippen LogP contribution in [0.1, 0.15) is 22.7 Å². The van der Waals surface area contributed by atoms with Gasteiger partial charge in [0.15, 0.2) is 23.0 Å². The fourth-order valence-electron chi connectivity index (χ4n) is 3.52. The number of fused-ring (bicyclic) bond motifs is 3. The number of ether oxygens (including phenoxy) is 4. The number of hydrogen-bond acceptors (Lipinski definition) is 5. The maximum atomic E-state index is 5.54. The molecule has 1 unspecified atom stereocenters. The van der Waals surface area contributed by atoms with Crippen LogP contribution < -0.4 is 24.3 Å². The van der Waals surface area contributed by atoms with Crippen molar-refractivity contribution in [1.82, 2.24) is 5.32 Å². The standard InChI is InChI=1S/C18H17NO4/c1-2-15-16(21-9-20-15)6-11(1)5-14-13-8-18-17(22-10-23-18)7-12(13)3-4-19-14/h1-2,6-8,14,19H,3-5,9-10H2. The Morgan fingerprint density at radius 1 is 0.870 bits per heavy atom. The Balaban J connectivity index is 1.46. The molecule has 3 heterocycles. The van der Waals surface area contributed by atoms with E-state index in [1.54, 1.807) is 0 Å². The van der Waals surface area contributed by atoms with Gasteiger partial charge in [0, 0.05) is 6.04 Å². The largest absolute Gasteiger partial charge is 0.454 e. The normalized spacial score (nSPS) is 20.4. The molecule has 2 aromatic carbocycles. The number of hydrogen-bond donors (Lipinski definition) is 1. The number of rotatable bonds is 2. The molecule has 23 heavy (non-hydrogen) atoms. The molecule has 0 aliphatic carbocycles. The van der Waals surface area contributed by atoms with Gasteiger partial charge >= 0.3 is 0 Å². The van der Waals surface area contributed by atoms with Crippen LogP contribution in [0.15, 0.2) is 30.3 Å². The van der Waals surface area contributed by atoms with Crippen molar-refractivity contribution < 1.29 is 18.9 Å². The zero-order chi connectivity index (χ0) is 15.2. The lowest BCUT2D eigenvalue weighted by Gasteiger charge is -2.27. The molecular weight excluding hydrogens is 294 g/mol. The first-order valence-corrected chi connectivity index (χ1v) is 7.91. The van der Waals surface area contributed by atoms with E-state index in [0.29, 0.717) is 13.6 Å². The van der Waals surface area contributed by atoms with Crippen LogP contribution in [0.2, 0.25) is 0 Å². The van der Waals surface area contributed by atoms with E-state index in [1.807, 2.05) is 6.07 Å². The number of benzene rings is 2. The third-order valence-corrected chi connectivity index (χ3v) is 4.67. The van der Waals surface area contributed by atoms with Crippen molar-refractivity contribution in [2.45, 2.75) is 18.9 Å². The lowest BCUT2D eigenvalue weighted by molar-refractivity contribution is 0.173. The molecule has 3 aliphatic heterocycles.